The Morgan fingerprint density at radius 2 is 2.00 bits per heavy atom. The third-order valence-electron chi connectivity index (χ3n) is 2.59. The molecule has 0 fully saturated rings. The van der Waals surface area contributed by atoms with Crippen LogP contribution in [0.2, 0.25) is 10.0 Å². The molecular formula is C12H13Cl2N3. The minimum atomic E-state index is 0.136. The number of hydrogen-bond donors (Lipinski definition) is 2. The summed E-state index contributed by atoms with van der Waals surface area (Å²) in [6, 6.07) is 5.69. The molecule has 2 aromatic rings. The van der Waals surface area contributed by atoms with Crippen molar-refractivity contribution >= 4 is 23.2 Å². The van der Waals surface area contributed by atoms with Crippen LogP contribution in [0.15, 0.2) is 30.6 Å². The van der Waals surface area contributed by atoms with E-state index >= 15 is 0 Å². The highest BCUT2D eigenvalue weighted by Gasteiger charge is 2.12. The van der Waals surface area contributed by atoms with Crippen LogP contribution in [0.4, 0.5) is 0 Å². The lowest BCUT2D eigenvalue weighted by molar-refractivity contribution is 0.578. The third kappa shape index (κ3) is 3.22. The van der Waals surface area contributed by atoms with Gasteiger partial charge < -0.3 is 10.3 Å². The molecule has 0 bridgehead atoms. The van der Waals surface area contributed by atoms with Crippen LogP contribution in [0.5, 0.6) is 0 Å². The van der Waals surface area contributed by atoms with Crippen molar-refractivity contribution < 1.29 is 0 Å². The Morgan fingerprint density at radius 1 is 1.29 bits per heavy atom. The summed E-state index contributed by atoms with van der Waals surface area (Å²) < 4.78 is 0. The number of imidazole rings is 1. The van der Waals surface area contributed by atoms with Crippen LogP contribution in [0.1, 0.15) is 17.4 Å². The first-order chi connectivity index (χ1) is 8.19. The van der Waals surface area contributed by atoms with E-state index in [-0.39, 0.29) is 6.04 Å². The Hall–Kier alpha value is -1.03. The van der Waals surface area contributed by atoms with Crippen molar-refractivity contribution in [3.8, 4) is 0 Å². The van der Waals surface area contributed by atoms with Gasteiger partial charge >= 0.3 is 0 Å². The molecule has 0 amide bonds. The molecule has 1 aromatic carbocycles. The van der Waals surface area contributed by atoms with Crippen molar-refractivity contribution in [1.29, 1.82) is 0 Å². The van der Waals surface area contributed by atoms with E-state index in [4.69, 9.17) is 23.2 Å². The van der Waals surface area contributed by atoms with E-state index in [9.17, 15) is 0 Å². The van der Waals surface area contributed by atoms with Gasteiger partial charge in [0.1, 0.15) is 5.82 Å². The molecule has 1 aromatic heterocycles. The topological polar surface area (TPSA) is 40.7 Å². The number of aromatic amines is 1. The molecule has 0 spiro atoms. The zero-order valence-corrected chi connectivity index (χ0v) is 10.9. The van der Waals surface area contributed by atoms with Gasteiger partial charge in [0.05, 0.1) is 0 Å². The summed E-state index contributed by atoms with van der Waals surface area (Å²) in [6.45, 7) is 0. The summed E-state index contributed by atoms with van der Waals surface area (Å²) in [4.78, 5) is 7.30. The predicted octanol–water partition coefficient (Wildman–Crippen LogP) is 3.22. The second kappa shape index (κ2) is 5.54. The number of nitrogens with one attached hydrogen (secondary N) is 2. The molecule has 0 saturated heterocycles. The van der Waals surface area contributed by atoms with Crippen molar-refractivity contribution in [2.45, 2.75) is 12.5 Å². The molecule has 2 N–H and O–H groups in total. The Bertz CT molecular complexity index is 462. The SMILES string of the molecule is CNC(Cc1ncc[nH]1)c1cc(Cl)cc(Cl)c1. The van der Waals surface area contributed by atoms with E-state index in [1.807, 2.05) is 25.4 Å². The van der Waals surface area contributed by atoms with Crippen LogP contribution in [0, 0.1) is 0 Å². The lowest BCUT2D eigenvalue weighted by Gasteiger charge is -2.16. The maximum absolute atomic E-state index is 6.00. The van der Waals surface area contributed by atoms with Crippen molar-refractivity contribution in [3.63, 3.8) is 0 Å². The van der Waals surface area contributed by atoms with Crippen LogP contribution in [-0.4, -0.2) is 17.0 Å². The van der Waals surface area contributed by atoms with Crippen LogP contribution in [-0.2, 0) is 6.42 Å². The summed E-state index contributed by atoms with van der Waals surface area (Å²) in [7, 11) is 1.91. The van der Waals surface area contributed by atoms with Crippen LogP contribution >= 0.6 is 23.2 Å². The van der Waals surface area contributed by atoms with Crippen molar-refractivity contribution in [1.82, 2.24) is 15.3 Å². The number of hydrogen-bond acceptors (Lipinski definition) is 2. The standard InChI is InChI=1S/C12H13Cl2N3/c1-15-11(7-12-16-2-3-17-12)8-4-9(13)6-10(14)5-8/h2-6,11,15H,7H2,1H3,(H,16,17). The molecule has 0 aliphatic rings. The van der Waals surface area contributed by atoms with Crippen molar-refractivity contribution in [2.24, 2.45) is 0 Å². The van der Waals surface area contributed by atoms with Crippen LogP contribution < -0.4 is 5.32 Å². The number of aromatic nitrogens is 2. The second-order valence-electron chi connectivity index (χ2n) is 3.78. The Morgan fingerprint density at radius 3 is 2.53 bits per heavy atom. The van der Waals surface area contributed by atoms with Gasteiger partial charge in [-0.3, -0.25) is 0 Å². The number of rotatable bonds is 4. The Kier molecular flexibility index (Phi) is 4.05. The van der Waals surface area contributed by atoms with E-state index < -0.39 is 0 Å². The highest BCUT2D eigenvalue weighted by molar-refractivity contribution is 6.34. The number of benzene rings is 1. The zero-order chi connectivity index (χ0) is 12.3. The van der Waals surface area contributed by atoms with E-state index in [1.165, 1.54) is 0 Å². The maximum Gasteiger partial charge on any atom is 0.107 e. The zero-order valence-electron chi connectivity index (χ0n) is 9.37. The second-order valence-corrected chi connectivity index (χ2v) is 4.66. The summed E-state index contributed by atoms with van der Waals surface area (Å²) in [5, 5.41) is 4.52. The minimum absolute atomic E-state index is 0.136. The van der Waals surface area contributed by atoms with Gasteiger partial charge in [-0.2, -0.15) is 0 Å². The van der Waals surface area contributed by atoms with Gasteiger partial charge in [-0.15, -0.1) is 0 Å². The van der Waals surface area contributed by atoms with Gasteiger partial charge in [0.15, 0.2) is 0 Å². The fraction of sp³-hybridized carbons (Fsp3) is 0.250. The smallest absolute Gasteiger partial charge is 0.107 e. The summed E-state index contributed by atoms with van der Waals surface area (Å²) in [5.41, 5.74) is 1.06. The molecule has 0 aliphatic heterocycles. The molecular weight excluding hydrogens is 257 g/mol. The molecule has 0 radical (unpaired) electrons. The fourth-order valence-electron chi connectivity index (χ4n) is 1.77. The van der Waals surface area contributed by atoms with Crippen LogP contribution in [0.3, 0.4) is 0 Å². The van der Waals surface area contributed by atoms with Crippen LogP contribution in [0.25, 0.3) is 0 Å². The average Bonchev–Trinajstić information content (AvgIpc) is 2.77. The first-order valence-electron chi connectivity index (χ1n) is 5.30. The number of nitrogens with zero attached hydrogens (tertiary/aromatic N) is 1. The molecule has 0 saturated carbocycles. The quantitative estimate of drug-likeness (QED) is 0.895. The van der Waals surface area contributed by atoms with Gasteiger partial charge in [0, 0.05) is 34.9 Å². The molecule has 90 valence electrons. The first-order valence-corrected chi connectivity index (χ1v) is 6.06. The minimum Gasteiger partial charge on any atom is -0.349 e. The van der Waals surface area contributed by atoms with Gasteiger partial charge in [-0.25, -0.2) is 4.98 Å². The highest BCUT2D eigenvalue weighted by atomic mass is 35.5. The largest absolute Gasteiger partial charge is 0.349 e. The lowest BCUT2D eigenvalue weighted by Crippen LogP contribution is -2.19. The molecule has 17 heavy (non-hydrogen) atoms. The molecule has 1 heterocycles. The van der Waals surface area contributed by atoms with Crippen molar-refractivity contribution in [2.75, 3.05) is 7.05 Å². The normalized spacial score (nSPS) is 12.6. The van der Waals surface area contributed by atoms with E-state index in [0.29, 0.717) is 10.0 Å². The Balaban J connectivity index is 2.22. The molecule has 1 unspecified atom stereocenters. The maximum atomic E-state index is 6.00. The molecule has 5 heteroatoms. The highest BCUT2D eigenvalue weighted by Crippen LogP contribution is 2.24. The van der Waals surface area contributed by atoms with E-state index in [0.717, 1.165) is 17.8 Å². The van der Waals surface area contributed by atoms with Gasteiger partial charge in [-0.1, -0.05) is 23.2 Å². The summed E-state index contributed by atoms with van der Waals surface area (Å²) in [5.74, 6) is 0.931. The molecule has 0 aliphatic carbocycles. The molecule has 3 nitrogen and oxygen atoms in total. The van der Waals surface area contributed by atoms with E-state index in [2.05, 4.69) is 15.3 Å². The predicted molar refractivity (Wildman–Crippen MR) is 70.6 cm³/mol. The first kappa shape index (κ1) is 12.4. The summed E-state index contributed by atoms with van der Waals surface area (Å²) in [6.07, 6.45) is 4.32. The van der Waals surface area contributed by atoms with Crippen molar-refractivity contribution in [3.05, 3.63) is 52.0 Å². The number of H-pyrrole nitrogens is 1. The molecule has 2 rings (SSSR count). The fourth-order valence-corrected chi connectivity index (χ4v) is 2.31. The average molecular weight is 270 g/mol. The molecule has 1 atom stereocenters. The Labute approximate surface area is 110 Å². The lowest BCUT2D eigenvalue weighted by atomic mass is 10.0. The third-order valence-corrected chi connectivity index (χ3v) is 3.02. The number of halogens is 2. The summed E-state index contributed by atoms with van der Waals surface area (Å²) >= 11 is 12.0. The van der Waals surface area contributed by atoms with Gasteiger partial charge in [0.2, 0.25) is 0 Å². The number of likely N-dealkylation sites (N-methyl/N-ethyl adjacent to an activating group) is 1. The van der Waals surface area contributed by atoms with E-state index in [1.54, 1.807) is 12.3 Å². The van der Waals surface area contributed by atoms with Gasteiger partial charge in [0.25, 0.3) is 0 Å². The monoisotopic (exact) mass is 269 g/mol. The van der Waals surface area contributed by atoms with Gasteiger partial charge in [-0.05, 0) is 30.8 Å².